The Bertz CT molecular complexity index is 402. The summed E-state index contributed by atoms with van der Waals surface area (Å²) in [5.74, 6) is 2.75. The molecule has 0 radical (unpaired) electrons. The number of hydrogen-bond acceptors (Lipinski definition) is 4. The fourth-order valence-corrected chi connectivity index (χ4v) is 3.25. The zero-order valence-electron chi connectivity index (χ0n) is 9.59. The second-order valence-corrected chi connectivity index (χ2v) is 5.51. The molecule has 2 aliphatic heterocycles. The molecule has 3 nitrogen and oxygen atoms in total. The third-order valence-electron chi connectivity index (χ3n) is 3.26. The fourth-order valence-electron chi connectivity index (χ4n) is 2.36. The van der Waals surface area contributed by atoms with E-state index in [0.717, 1.165) is 42.5 Å². The van der Waals surface area contributed by atoms with Crippen LogP contribution in [0.4, 0.5) is 0 Å². The van der Waals surface area contributed by atoms with Crippen molar-refractivity contribution >= 4 is 11.8 Å². The standard InChI is InChI=1S/C13H16O3S/c14-12(11-8-17-7-6-15-11)10-3-1-2-9-4-5-16-13(9)10/h1-3,11-12,14H,4-8H2. The van der Waals surface area contributed by atoms with Gasteiger partial charge < -0.3 is 14.6 Å². The molecule has 17 heavy (non-hydrogen) atoms. The van der Waals surface area contributed by atoms with Gasteiger partial charge in [0.05, 0.1) is 19.3 Å². The number of aliphatic hydroxyl groups excluding tert-OH is 1. The Labute approximate surface area is 105 Å². The third kappa shape index (κ3) is 2.17. The first-order chi connectivity index (χ1) is 8.36. The van der Waals surface area contributed by atoms with Gasteiger partial charge in [0, 0.05) is 23.5 Å². The molecule has 1 aromatic carbocycles. The van der Waals surface area contributed by atoms with Crippen LogP contribution in [0.2, 0.25) is 0 Å². The van der Waals surface area contributed by atoms with Crippen molar-refractivity contribution in [1.82, 2.24) is 0 Å². The van der Waals surface area contributed by atoms with Crippen molar-refractivity contribution in [2.45, 2.75) is 18.6 Å². The Morgan fingerprint density at radius 3 is 3.12 bits per heavy atom. The maximum atomic E-state index is 10.4. The van der Waals surface area contributed by atoms with E-state index in [2.05, 4.69) is 6.07 Å². The maximum absolute atomic E-state index is 10.4. The lowest BCUT2D eigenvalue weighted by Crippen LogP contribution is -2.29. The lowest BCUT2D eigenvalue weighted by molar-refractivity contribution is -0.0236. The van der Waals surface area contributed by atoms with E-state index in [1.54, 1.807) is 0 Å². The van der Waals surface area contributed by atoms with Crippen LogP contribution in [0.15, 0.2) is 18.2 Å². The normalized spacial score (nSPS) is 25.1. The molecule has 1 N–H and O–H groups in total. The summed E-state index contributed by atoms with van der Waals surface area (Å²) in [5.41, 5.74) is 2.08. The predicted octanol–water partition coefficient (Wildman–Crippen LogP) is 1.79. The first-order valence-corrected chi connectivity index (χ1v) is 7.14. The van der Waals surface area contributed by atoms with E-state index in [1.165, 1.54) is 5.56 Å². The van der Waals surface area contributed by atoms with Gasteiger partial charge >= 0.3 is 0 Å². The monoisotopic (exact) mass is 252 g/mol. The van der Waals surface area contributed by atoms with E-state index in [1.807, 2.05) is 23.9 Å². The molecule has 1 fully saturated rings. The number of thioether (sulfide) groups is 1. The van der Waals surface area contributed by atoms with Gasteiger partial charge in [0.15, 0.2) is 0 Å². The van der Waals surface area contributed by atoms with Crippen molar-refractivity contribution in [1.29, 1.82) is 0 Å². The van der Waals surface area contributed by atoms with Gasteiger partial charge in [0.2, 0.25) is 0 Å². The molecule has 2 aliphatic rings. The predicted molar refractivity (Wildman–Crippen MR) is 67.7 cm³/mol. The highest BCUT2D eigenvalue weighted by molar-refractivity contribution is 7.99. The summed E-state index contributed by atoms with van der Waals surface area (Å²) in [6.07, 6.45) is 0.260. The summed E-state index contributed by atoms with van der Waals surface area (Å²) in [4.78, 5) is 0. The summed E-state index contributed by atoms with van der Waals surface area (Å²) in [5, 5.41) is 10.4. The molecule has 0 aromatic heterocycles. The summed E-state index contributed by atoms with van der Waals surface area (Å²) in [7, 11) is 0. The zero-order valence-corrected chi connectivity index (χ0v) is 10.4. The molecule has 0 bridgehead atoms. The molecule has 2 unspecified atom stereocenters. The molecule has 3 rings (SSSR count). The molecule has 0 aliphatic carbocycles. The van der Waals surface area contributed by atoms with Crippen molar-refractivity contribution in [3.05, 3.63) is 29.3 Å². The summed E-state index contributed by atoms with van der Waals surface area (Å²) < 4.78 is 11.2. The number of benzene rings is 1. The van der Waals surface area contributed by atoms with Gasteiger partial charge in [-0.1, -0.05) is 18.2 Å². The molecule has 2 heterocycles. The van der Waals surface area contributed by atoms with Gasteiger partial charge in [0.25, 0.3) is 0 Å². The fraction of sp³-hybridized carbons (Fsp3) is 0.538. The molecular weight excluding hydrogens is 236 g/mol. The highest BCUT2D eigenvalue weighted by atomic mass is 32.2. The van der Waals surface area contributed by atoms with Crippen molar-refractivity contribution in [3.8, 4) is 5.75 Å². The van der Waals surface area contributed by atoms with Crippen molar-refractivity contribution < 1.29 is 14.6 Å². The van der Waals surface area contributed by atoms with Crippen LogP contribution in [0.5, 0.6) is 5.75 Å². The van der Waals surface area contributed by atoms with Gasteiger partial charge in [-0.15, -0.1) is 0 Å². The number of hydrogen-bond donors (Lipinski definition) is 1. The molecule has 0 spiro atoms. The molecule has 2 atom stereocenters. The van der Waals surface area contributed by atoms with E-state index in [0.29, 0.717) is 0 Å². The van der Waals surface area contributed by atoms with Crippen LogP contribution in [-0.4, -0.2) is 35.9 Å². The second-order valence-electron chi connectivity index (χ2n) is 4.36. The van der Waals surface area contributed by atoms with E-state index < -0.39 is 6.10 Å². The van der Waals surface area contributed by atoms with Crippen LogP contribution in [0.1, 0.15) is 17.2 Å². The summed E-state index contributed by atoms with van der Waals surface area (Å²) in [6, 6.07) is 5.99. The van der Waals surface area contributed by atoms with E-state index >= 15 is 0 Å². The Kier molecular flexibility index (Phi) is 3.27. The topological polar surface area (TPSA) is 38.7 Å². The Morgan fingerprint density at radius 1 is 1.35 bits per heavy atom. The van der Waals surface area contributed by atoms with E-state index in [-0.39, 0.29) is 6.10 Å². The lowest BCUT2D eigenvalue weighted by Gasteiger charge is -2.27. The number of rotatable bonds is 2. The largest absolute Gasteiger partial charge is 0.493 e. The van der Waals surface area contributed by atoms with Crippen LogP contribution in [0, 0.1) is 0 Å². The number of ether oxygens (including phenoxy) is 2. The van der Waals surface area contributed by atoms with Gasteiger partial charge in [0.1, 0.15) is 11.9 Å². The van der Waals surface area contributed by atoms with Gasteiger partial charge in [-0.25, -0.2) is 0 Å². The minimum absolute atomic E-state index is 0.107. The van der Waals surface area contributed by atoms with Crippen LogP contribution in [0.3, 0.4) is 0 Å². The van der Waals surface area contributed by atoms with Gasteiger partial charge in [-0.2, -0.15) is 11.8 Å². The second kappa shape index (κ2) is 4.88. The molecule has 0 saturated carbocycles. The first-order valence-electron chi connectivity index (χ1n) is 5.98. The third-order valence-corrected chi connectivity index (χ3v) is 4.28. The van der Waals surface area contributed by atoms with E-state index in [4.69, 9.17) is 9.47 Å². The number of para-hydroxylation sites is 1. The summed E-state index contributed by atoms with van der Waals surface area (Å²) in [6.45, 7) is 1.45. The molecule has 1 saturated heterocycles. The van der Waals surface area contributed by atoms with Crippen LogP contribution < -0.4 is 4.74 Å². The summed E-state index contributed by atoms with van der Waals surface area (Å²) >= 11 is 1.83. The van der Waals surface area contributed by atoms with Crippen LogP contribution in [-0.2, 0) is 11.2 Å². The Hall–Kier alpha value is -0.710. The lowest BCUT2D eigenvalue weighted by atomic mass is 10.0. The maximum Gasteiger partial charge on any atom is 0.128 e. The molecule has 4 heteroatoms. The number of aliphatic hydroxyl groups is 1. The average Bonchev–Trinajstić information content (AvgIpc) is 2.87. The zero-order chi connectivity index (χ0) is 11.7. The van der Waals surface area contributed by atoms with Gasteiger partial charge in [-0.05, 0) is 5.56 Å². The highest BCUT2D eigenvalue weighted by Crippen LogP contribution is 2.36. The smallest absolute Gasteiger partial charge is 0.128 e. The highest BCUT2D eigenvalue weighted by Gasteiger charge is 2.28. The van der Waals surface area contributed by atoms with E-state index in [9.17, 15) is 5.11 Å². The average molecular weight is 252 g/mol. The number of fused-ring (bicyclic) bond motifs is 1. The minimum atomic E-state index is -0.573. The molecule has 92 valence electrons. The van der Waals surface area contributed by atoms with Crippen molar-refractivity contribution in [2.75, 3.05) is 24.7 Å². The van der Waals surface area contributed by atoms with Crippen molar-refractivity contribution in [3.63, 3.8) is 0 Å². The SMILES string of the molecule is OC(c1cccc2c1OCC2)C1CSCCO1. The van der Waals surface area contributed by atoms with Gasteiger partial charge in [-0.3, -0.25) is 0 Å². The molecular formula is C13H16O3S. The Morgan fingerprint density at radius 2 is 2.29 bits per heavy atom. The Balaban J connectivity index is 1.85. The quantitative estimate of drug-likeness (QED) is 0.871. The van der Waals surface area contributed by atoms with Crippen LogP contribution >= 0.6 is 11.8 Å². The minimum Gasteiger partial charge on any atom is -0.493 e. The molecule has 1 aromatic rings. The molecule has 0 amide bonds. The van der Waals surface area contributed by atoms with Crippen LogP contribution in [0.25, 0.3) is 0 Å². The first kappa shape index (κ1) is 11.4. The van der Waals surface area contributed by atoms with Crippen molar-refractivity contribution in [2.24, 2.45) is 0 Å².